The monoisotopic (exact) mass is 443 g/mol. The van der Waals surface area contributed by atoms with Gasteiger partial charge >= 0.3 is 0 Å². The Morgan fingerprint density at radius 3 is 2.58 bits per heavy atom. The van der Waals surface area contributed by atoms with Gasteiger partial charge in [0.2, 0.25) is 5.91 Å². The van der Waals surface area contributed by atoms with Crippen molar-refractivity contribution >= 4 is 35.2 Å². The van der Waals surface area contributed by atoms with Gasteiger partial charge in [-0.25, -0.2) is 5.01 Å². The predicted octanol–water partition coefficient (Wildman–Crippen LogP) is 3.36. The summed E-state index contributed by atoms with van der Waals surface area (Å²) in [4.78, 5) is 37.2. The van der Waals surface area contributed by atoms with Gasteiger partial charge in [0, 0.05) is 24.2 Å². The van der Waals surface area contributed by atoms with Crippen LogP contribution >= 0.6 is 11.8 Å². The molecule has 164 valence electrons. The number of carbonyl (C=O) groups is 3. The summed E-state index contributed by atoms with van der Waals surface area (Å²) in [6.45, 7) is 5.34. The first kappa shape index (κ1) is 22.5. The SMILES string of the molecule is CCOc1cc(NC(C)=O)ccc1C(=O)NN1C(=O)C(C)SC1c1ccccc1OC. The Hall–Kier alpha value is -3.20. The van der Waals surface area contributed by atoms with Gasteiger partial charge in [0.15, 0.2) is 0 Å². The Labute approximate surface area is 185 Å². The third-order valence-corrected chi connectivity index (χ3v) is 5.96. The molecule has 1 aliphatic heterocycles. The van der Waals surface area contributed by atoms with Crippen LogP contribution in [0.4, 0.5) is 5.69 Å². The summed E-state index contributed by atoms with van der Waals surface area (Å²) in [5.74, 6) is 0.0269. The number of hydrogen-bond acceptors (Lipinski definition) is 6. The summed E-state index contributed by atoms with van der Waals surface area (Å²) in [6.07, 6.45) is 0. The van der Waals surface area contributed by atoms with E-state index in [0.29, 0.717) is 23.8 Å². The lowest BCUT2D eigenvalue weighted by Crippen LogP contribution is -2.45. The molecular formula is C22H25N3O5S. The number of rotatable bonds is 7. The zero-order chi connectivity index (χ0) is 22.5. The van der Waals surface area contributed by atoms with Gasteiger partial charge < -0.3 is 14.8 Å². The molecule has 0 bridgehead atoms. The number of hydrogen-bond donors (Lipinski definition) is 2. The van der Waals surface area contributed by atoms with Crippen LogP contribution in [0, 0.1) is 0 Å². The first-order chi connectivity index (χ1) is 14.8. The number of hydrazine groups is 1. The number of thioether (sulfide) groups is 1. The molecule has 3 amide bonds. The van der Waals surface area contributed by atoms with Crippen molar-refractivity contribution in [3.63, 3.8) is 0 Å². The highest BCUT2D eigenvalue weighted by Crippen LogP contribution is 2.44. The zero-order valence-electron chi connectivity index (χ0n) is 17.8. The van der Waals surface area contributed by atoms with E-state index in [2.05, 4.69) is 10.7 Å². The van der Waals surface area contributed by atoms with Gasteiger partial charge in [-0.05, 0) is 32.0 Å². The zero-order valence-corrected chi connectivity index (χ0v) is 18.6. The Kier molecular flexibility index (Phi) is 7.06. The van der Waals surface area contributed by atoms with E-state index in [1.54, 1.807) is 39.2 Å². The number of anilines is 1. The Morgan fingerprint density at radius 1 is 1.16 bits per heavy atom. The minimum absolute atomic E-state index is 0.206. The fourth-order valence-corrected chi connectivity index (χ4v) is 4.49. The average Bonchev–Trinajstić information content (AvgIpc) is 3.02. The number of amides is 3. The molecule has 3 rings (SSSR count). The van der Waals surface area contributed by atoms with Crippen LogP contribution in [-0.4, -0.2) is 41.7 Å². The fraction of sp³-hybridized carbons (Fsp3) is 0.318. The highest BCUT2D eigenvalue weighted by molar-refractivity contribution is 8.01. The van der Waals surface area contributed by atoms with Crippen LogP contribution in [0.3, 0.4) is 0 Å². The van der Waals surface area contributed by atoms with Gasteiger partial charge in [0.1, 0.15) is 16.9 Å². The number of para-hydroxylation sites is 1. The van der Waals surface area contributed by atoms with Crippen molar-refractivity contribution in [2.75, 3.05) is 19.0 Å². The lowest BCUT2D eigenvalue weighted by Gasteiger charge is -2.26. The number of methoxy groups -OCH3 is 1. The molecule has 2 aromatic rings. The van der Waals surface area contributed by atoms with Crippen LogP contribution in [0.1, 0.15) is 42.1 Å². The van der Waals surface area contributed by atoms with Crippen LogP contribution in [0.2, 0.25) is 0 Å². The largest absolute Gasteiger partial charge is 0.496 e. The minimum Gasteiger partial charge on any atom is -0.496 e. The molecule has 31 heavy (non-hydrogen) atoms. The molecule has 0 aliphatic carbocycles. The average molecular weight is 444 g/mol. The Morgan fingerprint density at radius 2 is 1.90 bits per heavy atom. The van der Waals surface area contributed by atoms with Gasteiger partial charge in [-0.1, -0.05) is 18.2 Å². The molecule has 2 atom stereocenters. The summed E-state index contributed by atoms with van der Waals surface area (Å²) >= 11 is 1.43. The van der Waals surface area contributed by atoms with Crippen LogP contribution in [0.15, 0.2) is 42.5 Å². The molecule has 2 N–H and O–H groups in total. The quantitative estimate of drug-likeness (QED) is 0.681. The summed E-state index contributed by atoms with van der Waals surface area (Å²) < 4.78 is 11.0. The first-order valence-electron chi connectivity index (χ1n) is 9.82. The summed E-state index contributed by atoms with van der Waals surface area (Å²) in [5, 5.41) is 3.24. The van der Waals surface area contributed by atoms with Crippen LogP contribution in [-0.2, 0) is 9.59 Å². The molecule has 1 aliphatic rings. The number of nitrogens with zero attached hydrogens (tertiary/aromatic N) is 1. The molecule has 1 saturated heterocycles. The Bertz CT molecular complexity index is 997. The van der Waals surface area contributed by atoms with Crippen molar-refractivity contribution < 1.29 is 23.9 Å². The number of nitrogens with one attached hydrogen (secondary N) is 2. The maximum Gasteiger partial charge on any atom is 0.273 e. The second-order valence-corrected chi connectivity index (χ2v) is 8.27. The first-order valence-corrected chi connectivity index (χ1v) is 10.8. The number of carbonyl (C=O) groups excluding carboxylic acids is 3. The van der Waals surface area contributed by atoms with Crippen LogP contribution < -0.4 is 20.2 Å². The van der Waals surface area contributed by atoms with Gasteiger partial charge in [-0.2, -0.15) is 0 Å². The van der Waals surface area contributed by atoms with Gasteiger partial charge in [-0.15, -0.1) is 11.8 Å². The standard InChI is InChI=1S/C22H25N3O5S/c1-5-30-19-12-15(23-14(3)26)10-11-16(19)20(27)24-25-21(28)13(2)31-22(25)17-8-6-7-9-18(17)29-4/h6-13,22H,5H2,1-4H3,(H,23,26)(H,24,27). The van der Waals surface area contributed by atoms with E-state index in [1.165, 1.54) is 23.7 Å². The van der Waals surface area contributed by atoms with Crippen molar-refractivity contribution in [3.05, 3.63) is 53.6 Å². The normalized spacial score (nSPS) is 17.9. The fourth-order valence-electron chi connectivity index (χ4n) is 3.26. The van der Waals surface area contributed by atoms with Gasteiger partial charge in [0.05, 0.1) is 24.5 Å². The minimum atomic E-state index is -0.485. The van der Waals surface area contributed by atoms with E-state index in [9.17, 15) is 14.4 Å². The van der Waals surface area contributed by atoms with Crippen molar-refractivity contribution in [3.8, 4) is 11.5 Å². The van der Waals surface area contributed by atoms with E-state index in [0.717, 1.165) is 5.56 Å². The molecule has 0 spiro atoms. The molecule has 0 saturated carbocycles. The molecule has 1 heterocycles. The van der Waals surface area contributed by atoms with E-state index >= 15 is 0 Å². The molecule has 9 heteroatoms. The molecule has 0 aromatic heterocycles. The second kappa shape index (κ2) is 9.74. The van der Waals surface area contributed by atoms with E-state index in [1.807, 2.05) is 24.3 Å². The maximum absolute atomic E-state index is 13.1. The van der Waals surface area contributed by atoms with Gasteiger partial charge in [-0.3, -0.25) is 19.8 Å². The third kappa shape index (κ3) is 4.93. The second-order valence-electron chi connectivity index (χ2n) is 6.85. The van der Waals surface area contributed by atoms with E-state index in [-0.39, 0.29) is 22.6 Å². The Balaban J connectivity index is 1.90. The lowest BCUT2D eigenvalue weighted by atomic mass is 10.1. The summed E-state index contributed by atoms with van der Waals surface area (Å²) in [7, 11) is 1.57. The van der Waals surface area contributed by atoms with E-state index in [4.69, 9.17) is 9.47 Å². The molecular weight excluding hydrogens is 418 g/mol. The molecule has 2 unspecified atom stereocenters. The number of benzene rings is 2. The van der Waals surface area contributed by atoms with E-state index < -0.39 is 11.3 Å². The number of ether oxygens (including phenoxy) is 2. The van der Waals surface area contributed by atoms with Crippen molar-refractivity contribution in [1.82, 2.24) is 10.4 Å². The predicted molar refractivity (Wildman–Crippen MR) is 119 cm³/mol. The van der Waals surface area contributed by atoms with Crippen LogP contribution in [0.25, 0.3) is 0 Å². The van der Waals surface area contributed by atoms with Crippen LogP contribution in [0.5, 0.6) is 11.5 Å². The third-order valence-electron chi connectivity index (χ3n) is 4.63. The molecule has 8 nitrogen and oxygen atoms in total. The highest BCUT2D eigenvalue weighted by Gasteiger charge is 2.41. The smallest absolute Gasteiger partial charge is 0.273 e. The molecule has 0 radical (unpaired) electrons. The topological polar surface area (TPSA) is 97.0 Å². The molecule has 1 fully saturated rings. The van der Waals surface area contributed by atoms with Crippen molar-refractivity contribution in [2.24, 2.45) is 0 Å². The van der Waals surface area contributed by atoms with Crippen molar-refractivity contribution in [1.29, 1.82) is 0 Å². The van der Waals surface area contributed by atoms with Gasteiger partial charge in [0.25, 0.3) is 11.8 Å². The lowest BCUT2D eigenvalue weighted by molar-refractivity contribution is -0.132. The highest BCUT2D eigenvalue weighted by atomic mass is 32.2. The maximum atomic E-state index is 13.1. The summed E-state index contributed by atoms with van der Waals surface area (Å²) in [5.41, 5.74) is 4.30. The summed E-state index contributed by atoms with van der Waals surface area (Å²) in [6, 6.07) is 12.1. The van der Waals surface area contributed by atoms with Crippen molar-refractivity contribution in [2.45, 2.75) is 31.4 Å². The molecule has 2 aromatic carbocycles.